The number of nitrogens with two attached hydrogens (primary N) is 1. The first-order chi connectivity index (χ1) is 13.2. The maximum absolute atomic E-state index is 5.94. The van der Waals surface area contributed by atoms with E-state index in [1.54, 1.807) is 20.4 Å². The van der Waals surface area contributed by atoms with Crippen LogP contribution in [-0.2, 0) is 5.75 Å². The molecule has 0 unspecified atom stereocenters. The zero-order valence-corrected chi connectivity index (χ0v) is 16.1. The molecule has 0 amide bonds. The predicted molar refractivity (Wildman–Crippen MR) is 114 cm³/mol. The summed E-state index contributed by atoms with van der Waals surface area (Å²) in [4.78, 5) is 0. The van der Waals surface area contributed by atoms with E-state index in [4.69, 9.17) is 15.2 Å². The van der Waals surface area contributed by atoms with Crippen molar-refractivity contribution < 1.29 is 9.47 Å². The van der Waals surface area contributed by atoms with Crippen LogP contribution >= 0.6 is 11.8 Å². The van der Waals surface area contributed by atoms with Crippen molar-refractivity contribution in [1.82, 2.24) is 0 Å². The minimum Gasteiger partial charge on any atom is -0.496 e. The van der Waals surface area contributed by atoms with Gasteiger partial charge in [0.15, 0.2) is 5.17 Å². The van der Waals surface area contributed by atoms with Crippen molar-refractivity contribution in [2.75, 3.05) is 14.2 Å². The van der Waals surface area contributed by atoms with Gasteiger partial charge in [0.25, 0.3) is 0 Å². The molecule has 0 aliphatic heterocycles. The van der Waals surface area contributed by atoms with Gasteiger partial charge in [-0.05, 0) is 29.1 Å². The summed E-state index contributed by atoms with van der Waals surface area (Å²) in [7, 11) is 3.28. The van der Waals surface area contributed by atoms with Crippen molar-refractivity contribution in [1.29, 1.82) is 0 Å². The van der Waals surface area contributed by atoms with Crippen LogP contribution in [0, 0.1) is 0 Å². The normalized spacial score (nSPS) is 11.9. The summed E-state index contributed by atoms with van der Waals surface area (Å²) in [6.07, 6.45) is 1.65. The third kappa shape index (κ3) is 4.80. The average Bonchev–Trinajstić information content (AvgIpc) is 2.72. The number of fused-ring (bicyclic) bond motifs is 1. The van der Waals surface area contributed by atoms with Crippen molar-refractivity contribution in [2.24, 2.45) is 15.9 Å². The molecule has 27 heavy (non-hydrogen) atoms. The second-order valence-corrected chi connectivity index (χ2v) is 6.73. The Bertz CT molecular complexity index is 972. The van der Waals surface area contributed by atoms with Gasteiger partial charge in [-0.1, -0.05) is 54.2 Å². The van der Waals surface area contributed by atoms with E-state index in [0.29, 0.717) is 10.9 Å². The van der Waals surface area contributed by atoms with Crippen molar-refractivity contribution in [2.45, 2.75) is 5.75 Å². The van der Waals surface area contributed by atoms with Gasteiger partial charge in [-0.25, -0.2) is 0 Å². The van der Waals surface area contributed by atoms with Crippen LogP contribution < -0.4 is 15.2 Å². The zero-order valence-electron chi connectivity index (χ0n) is 15.3. The summed E-state index contributed by atoms with van der Waals surface area (Å²) in [6.45, 7) is 0. The van der Waals surface area contributed by atoms with E-state index in [-0.39, 0.29) is 0 Å². The molecule has 0 aromatic heterocycles. The standard InChI is InChI=1S/C21H21N3O2S/c1-25-19-10-6-9-16-11-17(20(26-2)12-18(16)19)13-23-24-21(22)27-14-15-7-4-3-5-8-15/h3-13H,14H2,1-2H3,(H2,22,24). The number of amidine groups is 1. The second kappa shape index (κ2) is 9.09. The summed E-state index contributed by atoms with van der Waals surface area (Å²) in [5, 5.41) is 10.6. The number of methoxy groups -OCH3 is 2. The number of rotatable bonds is 6. The van der Waals surface area contributed by atoms with E-state index >= 15 is 0 Å². The zero-order chi connectivity index (χ0) is 19.1. The van der Waals surface area contributed by atoms with Crippen LogP contribution in [0.3, 0.4) is 0 Å². The summed E-state index contributed by atoms with van der Waals surface area (Å²) >= 11 is 1.45. The van der Waals surface area contributed by atoms with Crippen molar-refractivity contribution in [3.63, 3.8) is 0 Å². The third-order valence-corrected chi connectivity index (χ3v) is 4.85. The van der Waals surface area contributed by atoms with Gasteiger partial charge in [-0.3, -0.25) is 0 Å². The Morgan fingerprint density at radius 1 is 1.00 bits per heavy atom. The molecule has 0 fully saturated rings. The molecule has 0 radical (unpaired) electrons. The lowest BCUT2D eigenvalue weighted by molar-refractivity contribution is 0.411. The first-order valence-corrected chi connectivity index (χ1v) is 9.38. The fourth-order valence-electron chi connectivity index (χ4n) is 2.66. The van der Waals surface area contributed by atoms with Crippen LogP contribution in [-0.4, -0.2) is 25.6 Å². The van der Waals surface area contributed by atoms with Gasteiger partial charge in [-0.15, -0.1) is 5.10 Å². The van der Waals surface area contributed by atoms with Crippen molar-refractivity contribution in [3.05, 3.63) is 71.8 Å². The molecule has 3 aromatic carbocycles. The largest absolute Gasteiger partial charge is 0.496 e. The van der Waals surface area contributed by atoms with Gasteiger partial charge in [0, 0.05) is 16.7 Å². The van der Waals surface area contributed by atoms with Crippen LogP contribution in [0.2, 0.25) is 0 Å². The molecule has 5 nitrogen and oxygen atoms in total. The van der Waals surface area contributed by atoms with Gasteiger partial charge >= 0.3 is 0 Å². The van der Waals surface area contributed by atoms with Gasteiger partial charge in [-0.2, -0.15) is 5.10 Å². The predicted octanol–water partition coefficient (Wildman–Crippen LogP) is 4.44. The van der Waals surface area contributed by atoms with Crippen LogP contribution in [0.4, 0.5) is 0 Å². The fraction of sp³-hybridized carbons (Fsp3) is 0.143. The molecule has 0 saturated carbocycles. The molecular weight excluding hydrogens is 358 g/mol. The number of benzene rings is 3. The third-order valence-electron chi connectivity index (χ3n) is 3.99. The Morgan fingerprint density at radius 2 is 1.78 bits per heavy atom. The molecule has 0 aliphatic carbocycles. The number of hydrogen-bond acceptors (Lipinski definition) is 5. The average molecular weight is 379 g/mol. The van der Waals surface area contributed by atoms with Crippen molar-refractivity contribution >= 4 is 33.9 Å². The molecule has 0 aliphatic rings. The number of ether oxygens (including phenoxy) is 2. The number of thioether (sulfide) groups is 1. The Balaban J connectivity index is 1.76. The highest BCUT2D eigenvalue weighted by atomic mass is 32.2. The Labute approximate surface area is 162 Å². The minimum atomic E-state index is 0.413. The highest BCUT2D eigenvalue weighted by Gasteiger charge is 2.07. The van der Waals surface area contributed by atoms with Crippen LogP contribution in [0.15, 0.2) is 70.9 Å². The highest BCUT2D eigenvalue weighted by molar-refractivity contribution is 8.13. The summed E-state index contributed by atoms with van der Waals surface area (Å²) in [5.74, 6) is 2.25. The minimum absolute atomic E-state index is 0.413. The first kappa shape index (κ1) is 18.8. The lowest BCUT2D eigenvalue weighted by Crippen LogP contribution is -2.06. The molecular formula is C21H21N3O2S. The summed E-state index contributed by atoms with van der Waals surface area (Å²) < 4.78 is 10.9. The molecule has 138 valence electrons. The molecule has 3 aromatic rings. The quantitative estimate of drug-likeness (QED) is 0.391. The van der Waals surface area contributed by atoms with Crippen molar-refractivity contribution in [3.8, 4) is 11.5 Å². The monoisotopic (exact) mass is 379 g/mol. The molecule has 2 N–H and O–H groups in total. The topological polar surface area (TPSA) is 69.2 Å². The number of hydrogen-bond donors (Lipinski definition) is 1. The van der Waals surface area contributed by atoms with Gasteiger partial charge in [0.2, 0.25) is 0 Å². The van der Waals surface area contributed by atoms with E-state index in [1.165, 1.54) is 17.3 Å². The lowest BCUT2D eigenvalue weighted by Gasteiger charge is -2.09. The van der Waals surface area contributed by atoms with Crippen LogP contribution in [0.1, 0.15) is 11.1 Å². The fourth-order valence-corrected chi connectivity index (χ4v) is 3.27. The van der Waals surface area contributed by atoms with Crippen LogP contribution in [0.25, 0.3) is 10.8 Å². The summed E-state index contributed by atoms with van der Waals surface area (Å²) in [5.41, 5.74) is 7.95. The van der Waals surface area contributed by atoms with Gasteiger partial charge < -0.3 is 15.2 Å². The van der Waals surface area contributed by atoms with E-state index in [1.807, 2.05) is 48.5 Å². The maximum atomic E-state index is 5.94. The molecule has 0 bridgehead atoms. The second-order valence-electron chi connectivity index (χ2n) is 5.73. The highest BCUT2D eigenvalue weighted by Crippen LogP contribution is 2.31. The Hall–Kier alpha value is -2.99. The molecule has 0 heterocycles. The Morgan fingerprint density at radius 3 is 2.52 bits per heavy atom. The molecule has 0 atom stereocenters. The summed E-state index contributed by atoms with van der Waals surface area (Å²) in [6, 6.07) is 19.9. The van der Waals surface area contributed by atoms with E-state index in [0.717, 1.165) is 27.8 Å². The van der Waals surface area contributed by atoms with E-state index in [9.17, 15) is 0 Å². The molecule has 6 heteroatoms. The first-order valence-electron chi connectivity index (χ1n) is 8.39. The van der Waals surface area contributed by atoms with E-state index in [2.05, 4.69) is 22.3 Å². The lowest BCUT2D eigenvalue weighted by atomic mass is 10.1. The molecule has 0 saturated heterocycles. The number of nitrogens with zero attached hydrogens (tertiary/aromatic N) is 2. The van der Waals surface area contributed by atoms with Gasteiger partial charge in [0.05, 0.1) is 20.4 Å². The maximum Gasteiger partial charge on any atom is 0.180 e. The van der Waals surface area contributed by atoms with E-state index < -0.39 is 0 Å². The Kier molecular flexibility index (Phi) is 6.33. The SMILES string of the molecule is COc1cc2c(OC)cccc2cc1C=NN=C(N)SCc1ccccc1. The van der Waals surface area contributed by atoms with Crippen LogP contribution in [0.5, 0.6) is 11.5 Å². The van der Waals surface area contributed by atoms with Gasteiger partial charge in [0.1, 0.15) is 11.5 Å². The molecule has 0 spiro atoms. The molecule has 3 rings (SSSR count). The smallest absolute Gasteiger partial charge is 0.180 e.